The van der Waals surface area contributed by atoms with E-state index in [-0.39, 0.29) is 11.9 Å². The maximum Gasteiger partial charge on any atom is 0.246 e. The van der Waals surface area contributed by atoms with E-state index in [1.807, 2.05) is 23.1 Å². The summed E-state index contributed by atoms with van der Waals surface area (Å²) in [6.45, 7) is 4.87. The van der Waals surface area contributed by atoms with E-state index in [0.29, 0.717) is 6.54 Å². The van der Waals surface area contributed by atoms with Gasteiger partial charge in [-0.15, -0.1) is 0 Å². The SMILES string of the molecule is N[C@H]1CCN(C(=O)/C=C/c2ccc(N3CCOCC3)cc2)C1. The fourth-order valence-electron chi connectivity index (χ4n) is 2.88. The van der Waals surface area contributed by atoms with Gasteiger partial charge in [0.1, 0.15) is 0 Å². The molecule has 1 aromatic rings. The van der Waals surface area contributed by atoms with Crippen molar-refractivity contribution in [3.63, 3.8) is 0 Å². The van der Waals surface area contributed by atoms with Crippen molar-refractivity contribution in [1.82, 2.24) is 4.90 Å². The molecular weight excluding hydrogens is 278 g/mol. The Morgan fingerprint density at radius 1 is 1.18 bits per heavy atom. The minimum atomic E-state index is 0.0465. The van der Waals surface area contributed by atoms with Crippen molar-refractivity contribution in [2.45, 2.75) is 12.5 Å². The second-order valence-electron chi connectivity index (χ2n) is 5.86. The Hall–Kier alpha value is -1.85. The number of hydrogen-bond acceptors (Lipinski definition) is 4. The smallest absolute Gasteiger partial charge is 0.246 e. The molecule has 2 N–H and O–H groups in total. The van der Waals surface area contributed by atoms with Crippen molar-refractivity contribution in [3.8, 4) is 0 Å². The highest BCUT2D eigenvalue weighted by molar-refractivity contribution is 5.92. The van der Waals surface area contributed by atoms with E-state index in [1.54, 1.807) is 6.08 Å². The summed E-state index contributed by atoms with van der Waals surface area (Å²) in [5.74, 6) is 0.0465. The number of benzene rings is 1. The lowest BCUT2D eigenvalue weighted by molar-refractivity contribution is -0.124. The lowest BCUT2D eigenvalue weighted by atomic mass is 10.1. The molecule has 2 aliphatic rings. The normalized spacial score (nSPS) is 22.5. The summed E-state index contributed by atoms with van der Waals surface area (Å²) in [4.78, 5) is 16.2. The van der Waals surface area contributed by atoms with Gasteiger partial charge in [0.2, 0.25) is 5.91 Å². The average molecular weight is 301 g/mol. The van der Waals surface area contributed by atoms with Crippen LogP contribution in [0, 0.1) is 0 Å². The largest absolute Gasteiger partial charge is 0.378 e. The third-order valence-electron chi connectivity index (χ3n) is 4.22. The van der Waals surface area contributed by atoms with Gasteiger partial charge < -0.3 is 20.3 Å². The molecule has 1 atom stereocenters. The zero-order valence-electron chi connectivity index (χ0n) is 12.8. The molecular formula is C17H23N3O2. The molecule has 0 aromatic heterocycles. The summed E-state index contributed by atoms with van der Waals surface area (Å²) < 4.78 is 5.36. The van der Waals surface area contributed by atoms with Gasteiger partial charge in [-0.2, -0.15) is 0 Å². The highest BCUT2D eigenvalue weighted by atomic mass is 16.5. The zero-order valence-corrected chi connectivity index (χ0v) is 12.8. The maximum atomic E-state index is 12.0. The van der Waals surface area contributed by atoms with Crippen LogP contribution in [0.2, 0.25) is 0 Å². The van der Waals surface area contributed by atoms with Crippen LogP contribution in [0.3, 0.4) is 0 Å². The fraction of sp³-hybridized carbons (Fsp3) is 0.471. The molecule has 0 aliphatic carbocycles. The van der Waals surface area contributed by atoms with E-state index in [0.717, 1.165) is 44.8 Å². The summed E-state index contributed by atoms with van der Waals surface area (Å²) in [5, 5.41) is 0. The molecule has 22 heavy (non-hydrogen) atoms. The third-order valence-corrected chi connectivity index (χ3v) is 4.22. The Kier molecular flexibility index (Phi) is 4.75. The van der Waals surface area contributed by atoms with E-state index < -0.39 is 0 Å². The number of hydrogen-bond donors (Lipinski definition) is 1. The fourth-order valence-corrected chi connectivity index (χ4v) is 2.88. The van der Waals surface area contributed by atoms with E-state index in [2.05, 4.69) is 17.0 Å². The van der Waals surface area contributed by atoms with Crippen LogP contribution in [-0.4, -0.2) is 56.2 Å². The van der Waals surface area contributed by atoms with Crippen LogP contribution in [0.4, 0.5) is 5.69 Å². The van der Waals surface area contributed by atoms with Crippen LogP contribution in [0.15, 0.2) is 30.3 Å². The Balaban J connectivity index is 1.58. The number of rotatable bonds is 3. The molecule has 5 nitrogen and oxygen atoms in total. The van der Waals surface area contributed by atoms with Crippen LogP contribution in [0.1, 0.15) is 12.0 Å². The van der Waals surface area contributed by atoms with Gasteiger partial charge in [-0.3, -0.25) is 4.79 Å². The van der Waals surface area contributed by atoms with Gasteiger partial charge in [-0.25, -0.2) is 0 Å². The number of likely N-dealkylation sites (tertiary alicyclic amines) is 1. The number of nitrogens with two attached hydrogens (primary N) is 1. The number of anilines is 1. The highest BCUT2D eigenvalue weighted by Gasteiger charge is 2.21. The van der Waals surface area contributed by atoms with E-state index >= 15 is 0 Å². The Bertz CT molecular complexity index is 535. The number of amides is 1. The number of carbonyl (C=O) groups is 1. The summed E-state index contributed by atoms with van der Waals surface area (Å²) in [6, 6.07) is 8.42. The van der Waals surface area contributed by atoms with Crippen LogP contribution >= 0.6 is 0 Å². The second kappa shape index (κ2) is 6.94. The Morgan fingerprint density at radius 3 is 2.55 bits per heavy atom. The molecule has 118 valence electrons. The van der Waals surface area contributed by atoms with Gasteiger partial charge in [0.05, 0.1) is 13.2 Å². The van der Waals surface area contributed by atoms with Crippen molar-refractivity contribution in [1.29, 1.82) is 0 Å². The van der Waals surface area contributed by atoms with E-state index in [9.17, 15) is 4.79 Å². The van der Waals surface area contributed by atoms with E-state index in [1.165, 1.54) is 5.69 Å². The summed E-state index contributed by atoms with van der Waals surface area (Å²) >= 11 is 0. The quantitative estimate of drug-likeness (QED) is 0.849. The minimum Gasteiger partial charge on any atom is -0.378 e. The molecule has 2 heterocycles. The molecule has 2 saturated heterocycles. The van der Waals surface area contributed by atoms with Gasteiger partial charge in [-0.05, 0) is 30.2 Å². The molecule has 0 unspecified atom stereocenters. The van der Waals surface area contributed by atoms with Crippen LogP contribution in [-0.2, 0) is 9.53 Å². The van der Waals surface area contributed by atoms with Crippen LogP contribution in [0.5, 0.6) is 0 Å². The van der Waals surface area contributed by atoms with Gasteiger partial charge in [0, 0.05) is 44.0 Å². The number of carbonyl (C=O) groups excluding carboxylic acids is 1. The topological polar surface area (TPSA) is 58.8 Å². The average Bonchev–Trinajstić information content (AvgIpc) is 3.00. The van der Waals surface area contributed by atoms with Gasteiger partial charge >= 0.3 is 0 Å². The van der Waals surface area contributed by atoms with Gasteiger partial charge in [0.25, 0.3) is 0 Å². The molecule has 3 rings (SSSR count). The summed E-state index contributed by atoms with van der Waals surface area (Å²) in [5.41, 5.74) is 8.07. The van der Waals surface area contributed by atoms with Crippen molar-refractivity contribution in [2.75, 3.05) is 44.3 Å². The molecule has 2 fully saturated rings. The lowest BCUT2D eigenvalue weighted by Crippen LogP contribution is -2.36. The van der Waals surface area contributed by atoms with Crippen LogP contribution in [0.25, 0.3) is 6.08 Å². The molecule has 1 aromatic carbocycles. The number of morpholine rings is 1. The zero-order chi connectivity index (χ0) is 15.4. The maximum absolute atomic E-state index is 12.0. The second-order valence-corrected chi connectivity index (χ2v) is 5.86. The molecule has 2 aliphatic heterocycles. The van der Waals surface area contributed by atoms with E-state index in [4.69, 9.17) is 10.5 Å². The van der Waals surface area contributed by atoms with Gasteiger partial charge in [-0.1, -0.05) is 12.1 Å². The number of nitrogens with zero attached hydrogens (tertiary/aromatic N) is 2. The minimum absolute atomic E-state index is 0.0465. The number of ether oxygens (including phenoxy) is 1. The third kappa shape index (κ3) is 3.67. The highest BCUT2D eigenvalue weighted by Crippen LogP contribution is 2.17. The standard InChI is InChI=1S/C17H23N3O2/c18-15-7-8-20(13-15)17(21)6-3-14-1-4-16(5-2-14)19-9-11-22-12-10-19/h1-6,15H,7-13,18H2/b6-3+/t15-/m0/s1. The molecule has 0 spiro atoms. The summed E-state index contributed by atoms with van der Waals surface area (Å²) in [6.07, 6.45) is 4.41. The van der Waals surface area contributed by atoms with Gasteiger partial charge in [0.15, 0.2) is 0 Å². The van der Waals surface area contributed by atoms with Crippen molar-refractivity contribution in [2.24, 2.45) is 5.73 Å². The first-order valence-electron chi connectivity index (χ1n) is 7.88. The molecule has 0 bridgehead atoms. The van der Waals surface area contributed by atoms with Crippen molar-refractivity contribution in [3.05, 3.63) is 35.9 Å². The molecule has 1 amide bonds. The van der Waals surface area contributed by atoms with Crippen molar-refractivity contribution >= 4 is 17.7 Å². The predicted molar refractivity (Wildman–Crippen MR) is 87.7 cm³/mol. The Morgan fingerprint density at radius 2 is 1.91 bits per heavy atom. The summed E-state index contributed by atoms with van der Waals surface area (Å²) in [7, 11) is 0. The Labute approximate surface area is 131 Å². The molecule has 0 saturated carbocycles. The predicted octanol–water partition coefficient (Wildman–Crippen LogP) is 1.10. The molecule has 0 radical (unpaired) electrons. The first-order valence-corrected chi connectivity index (χ1v) is 7.88. The van der Waals surface area contributed by atoms with Crippen molar-refractivity contribution < 1.29 is 9.53 Å². The first-order chi connectivity index (χ1) is 10.7. The first kappa shape index (κ1) is 15.1. The monoisotopic (exact) mass is 301 g/mol. The molecule has 5 heteroatoms. The lowest BCUT2D eigenvalue weighted by Gasteiger charge is -2.28. The van der Waals surface area contributed by atoms with Crippen LogP contribution < -0.4 is 10.6 Å².